The van der Waals surface area contributed by atoms with E-state index in [0.29, 0.717) is 24.3 Å². The standard InChI is InChI=1S/C18H14F2N2O10/c1-8(32-16-7-14(22(29)30)10(18(25)26)5-12(16)20)2-3-31-15-6-13(21(27)28)9(17(23)24)4-11(15)19/h4-8H,2-3H2,1H3,(H,23,24)(H,25,26). The van der Waals surface area contributed by atoms with E-state index in [4.69, 9.17) is 19.7 Å². The number of hydrogen-bond acceptors (Lipinski definition) is 8. The van der Waals surface area contributed by atoms with Crippen molar-refractivity contribution in [2.45, 2.75) is 19.4 Å². The molecule has 2 rings (SSSR count). The quantitative estimate of drug-likeness (QED) is 0.397. The van der Waals surface area contributed by atoms with Crippen LogP contribution in [0.25, 0.3) is 0 Å². The lowest BCUT2D eigenvalue weighted by atomic mass is 10.1. The van der Waals surface area contributed by atoms with Gasteiger partial charge in [0, 0.05) is 6.42 Å². The van der Waals surface area contributed by atoms with Crippen LogP contribution in [0.5, 0.6) is 11.5 Å². The minimum atomic E-state index is -1.70. The van der Waals surface area contributed by atoms with Gasteiger partial charge in [-0.2, -0.15) is 0 Å². The maximum Gasteiger partial charge on any atom is 0.342 e. The van der Waals surface area contributed by atoms with Crippen LogP contribution in [0.3, 0.4) is 0 Å². The van der Waals surface area contributed by atoms with Crippen LogP contribution in [0.4, 0.5) is 20.2 Å². The second kappa shape index (κ2) is 9.63. The van der Waals surface area contributed by atoms with Gasteiger partial charge >= 0.3 is 11.9 Å². The molecule has 0 heterocycles. The summed E-state index contributed by atoms with van der Waals surface area (Å²) in [6, 6.07) is 2.10. The molecule has 2 N–H and O–H groups in total. The summed E-state index contributed by atoms with van der Waals surface area (Å²) in [5.74, 6) is -6.91. The van der Waals surface area contributed by atoms with Crippen LogP contribution < -0.4 is 9.47 Å². The zero-order valence-corrected chi connectivity index (χ0v) is 16.1. The summed E-state index contributed by atoms with van der Waals surface area (Å²) >= 11 is 0. The highest BCUT2D eigenvalue weighted by Crippen LogP contribution is 2.30. The number of carbonyl (C=O) groups is 2. The van der Waals surface area contributed by atoms with Crippen LogP contribution >= 0.6 is 0 Å². The zero-order valence-electron chi connectivity index (χ0n) is 16.1. The van der Waals surface area contributed by atoms with E-state index >= 15 is 0 Å². The zero-order chi connectivity index (χ0) is 24.2. The molecule has 0 aliphatic rings. The lowest BCUT2D eigenvalue weighted by molar-refractivity contribution is -0.385. The Labute approximate surface area is 176 Å². The number of nitro groups is 2. The van der Waals surface area contributed by atoms with E-state index in [1.807, 2.05) is 0 Å². The van der Waals surface area contributed by atoms with E-state index in [9.17, 15) is 38.6 Å². The SMILES string of the molecule is CC(CCOc1cc([N+](=O)[O-])c(C(=O)O)cc1F)Oc1cc([N+](=O)[O-])c(C(=O)O)cc1F. The van der Waals surface area contributed by atoms with Crippen LogP contribution in [-0.2, 0) is 0 Å². The summed E-state index contributed by atoms with van der Waals surface area (Å²) in [5, 5.41) is 39.8. The molecule has 0 fully saturated rings. The number of carboxylic acid groups (broad SMARTS) is 2. The molecule has 0 spiro atoms. The number of nitro benzene ring substituents is 2. The van der Waals surface area contributed by atoms with Gasteiger partial charge in [-0.25, -0.2) is 18.4 Å². The van der Waals surface area contributed by atoms with Gasteiger partial charge in [0.15, 0.2) is 23.1 Å². The van der Waals surface area contributed by atoms with E-state index in [1.54, 1.807) is 0 Å². The number of aromatic carboxylic acids is 2. The average molecular weight is 456 g/mol. The van der Waals surface area contributed by atoms with Crippen molar-refractivity contribution < 1.29 is 47.9 Å². The number of benzene rings is 2. The summed E-state index contributed by atoms with van der Waals surface area (Å²) in [6.45, 7) is 1.10. The van der Waals surface area contributed by atoms with Crippen molar-refractivity contribution in [2.24, 2.45) is 0 Å². The van der Waals surface area contributed by atoms with Gasteiger partial charge in [-0.15, -0.1) is 0 Å². The molecule has 2 aromatic rings. The van der Waals surface area contributed by atoms with E-state index in [1.165, 1.54) is 6.92 Å². The third-order valence-corrected chi connectivity index (χ3v) is 4.06. The van der Waals surface area contributed by atoms with Crippen molar-refractivity contribution in [1.82, 2.24) is 0 Å². The van der Waals surface area contributed by atoms with Crippen molar-refractivity contribution in [3.63, 3.8) is 0 Å². The molecule has 32 heavy (non-hydrogen) atoms. The van der Waals surface area contributed by atoms with Crippen LogP contribution in [0.1, 0.15) is 34.1 Å². The monoisotopic (exact) mass is 456 g/mol. The first-order valence-corrected chi connectivity index (χ1v) is 8.64. The molecule has 0 aliphatic heterocycles. The molecule has 0 bridgehead atoms. The molecule has 1 atom stereocenters. The molecule has 1 unspecified atom stereocenters. The Hall–Kier alpha value is -4.36. The minimum Gasteiger partial charge on any atom is -0.490 e. The lowest BCUT2D eigenvalue weighted by Gasteiger charge is -2.16. The van der Waals surface area contributed by atoms with Crippen molar-refractivity contribution in [1.29, 1.82) is 0 Å². The van der Waals surface area contributed by atoms with Crippen molar-refractivity contribution in [3.8, 4) is 11.5 Å². The fourth-order valence-corrected chi connectivity index (χ4v) is 2.54. The first-order valence-electron chi connectivity index (χ1n) is 8.64. The summed E-state index contributed by atoms with van der Waals surface area (Å²) < 4.78 is 38.4. The minimum absolute atomic E-state index is 0.0537. The normalized spacial score (nSPS) is 11.5. The Bertz CT molecular complexity index is 1110. The van der Waals surface area contributed by atoms with Crippen LogP contribution in [0.15, 0.2) is 24.3 Å². The summed E-state index contributed by atoms with van der Waals surface area (Å²) in [6.07, 6.45) is -0.918. The summed E-state index contributed by atoms with van der Waals surface area (Å²) in [4.78, 5) is 41.9. The molecule has 14 heteroatoms. The molecule has 0 amide bonds. The van der Waals surface area contributed by atoms with Gasteiger partial charge in [0.05, 0.1) is 34.7 Å². The van der Waals surface area contributed by atoms with Gasteiger partial charge in [0.25, 0.3) is 11.4 Å². The third kappa shape index (κ3) is 5.41. The van der Waals surface area contributed by atoms with Gasteiger partial charge in [-0.3, -0.25) is 20.2 Å². The van der Waals surface area contributed by atoms with Gasteiger partial charge in [0.2, 0.25) is 0 Å². The highest BCUT2D eigenvalue weighted by Gasteiger charge is 2.26. The Morgan fingerprint density at radius 3 is 1.81 bits per heavy atom. The highest BCUT2D eigenvalue weighted by molar-refractivity contribution is 5.93. The largest absolute Gasteiger partial charge is 0.490 e. The molecular formula is C18H14F2N2O10. The molecule has 2 aromatic carbocycles. The number of nitrogens with zero attached hydrogens (tertiary/aromatic N) is 2. The van der Waals surface area contributed by atoms with Gasteiger partial charge < -0.3 is 19.7 Å². The topological polar surface area (TPSA) is 179 Å². The molecular weight excluding hydrogens is 442 g/mol. The molecule has 12 nitrogen and oxygen atoms in total. The smallest absolute Gasteiger partial charge is 0.342 e. The van der Waals surface area contributed by atoms with Crippen LogP contribution in [0.2, 0.25) is 0 Å². The number of carboxylic acids is 2. The van der Waals surface area contributed by atoms with Crippen LogP contribution in [-0.4, -0.2) is 44.7 Å². The second-order valence-corrected chi connectivity index (χ2v) is 6.29. The predicted octanol–water partition coefficient (Wildman–Crippen LogP) is 3.41. The van der Waals surface area contributed by atoms with Crippen LogP contribution in [0, 0.1) is 31.9 Å². The molecule has 0 aliphatic carbocycles. The van der Waals surface area contributed by atoms with Gasteiger partial charge in [0.1, 0.15) is 11.1 Å². The van der Waals surface area contributed by atoms with Crippen molar-refractivity contribution in [3.05, 3.63) is 67.3 Å². The number of halogens is 2. The van der Waals surface area contributed by atoms with Gasteiger partial charge in [-0.05, 0) is 19.1 Å². The third-order valence-electron chi connectivity index (χ3n) is 4.06. The molecule has 0 saturated heterocycles. The molecule has 0 aromatic heterocycles. The van der Waals surface area contributed by atoms with E-state index < -0.39 is 73.5 Å². The predicted molar refractivity (Wildman–Crippen MR) is 100 cm³/mol. The maximum atomic E-state index is 14.1. The van der Waals surface area contributed by atoms with E-state index in [2.05, 4.69) is 0 Å². The highest BCUT2D eigenvalue weighted by atomic mass is 19.1. The average Bonchev–Trinajstić information content (AvgIpc) is 2.69. The second-order valence-electron chi connectivity index (χ2n) is 6.29. The Kier molecular flexibility index (Phi) is 7.20. The molecule has 0 saturated carbocycles. The molecule has 170 valence electrons. The van der Waals surface area contributed by atoms with Crippen molar-refractivity contribution >= 4 is 23.3 Å². The van der Waals surface area contributed by atoms with E-state index in [-0.39, 0.29) is 13.0 Å². The summed E-state index contributed by atoms with van der Waals surface area (Å²) in [7, 11) is 0. The number of hydrogen-bond donors (Lipinski definition) is 2. The fraction of sp³-hybridized carbons (Fsp3) is 0.222. The van der Waals surface area contributed by atoms with Gasteiger partial charge in [-0.1, -0.05) is 0 Å². The Morgan fingerprint density at radius 1 is 0.938 bits per heavy atom. The first-order chi connectivity index (χ1) is 14.9. The molecule has 0 radical (unpaired) electrons. The lowest BCUT2D eigenvalue weighted by Crippen LogP contribution is -2.17. The Balaban J connectivity index is 2.11. The Morgan fingerprint density at radius 2 is 1.38 bits per heavy atom. The number of ether oxygens (including phenoxy) is 2. The van der Waals surface area contributed by atoms with E-state index in [0.717, 1.165) is 0 Å². The fourth-order valence-electron chi connectivity index (χ4n) is 2.54. The maximum absolute atomic E-state index is 14.1. The van der Waals surface area contributed by atoms with Crippen molar-refractivity contribution in [2.75, 3.05) is 6.61 Å². The first kappa shape index (κ1) is 23.9. The number of rotatable bonds is 10. The summed E-state index contributed by atoms with van der Waals surface area (Å²) in [5.41, 5.74) is -3.49.